The van der Waals surface area contributed by atoms with Gasteiger partial charge in [-0.15, -0.1) is 11.8 Å². The van der Waals surface area contributed by atoms with E-state index in [-0.39, 0.29) is 30.2 Å². The van der Waals surface area contributed by atoms with Gasteiger partial charge in [-0.3, -0.25) is 9.59 Å². The van der Waals surface area contributed by atoms with Gasteiger partial charge in [0.15, 0.2) is 0 Å². The highest BCUT2D eigenvalue weighted by Crippen LogP contribution is 2.54. The monoisotopic (exact) mass is 516 g/mol. The first kappa shape index (κ1) is 24.6. The fourth-order valence-corrected chi connectivity index (χ4v) is 8.84. The molecule has 1 aromatic heterocycles. The molecular weight excluding hydrogens is 476 g/mol. The predicted octanol–water partition coefficient (Wildman–Crippen LogP) is 3.89. The Labute approximate surface area is 217 Å². The third kappa shape index (κ3) is 4.89. The van der Waals surface area contributed by atoms with E-state index in [0.717, 1.165) is 37.5 Å². The molecule has 6 fully saturated rings. The van der Waals surface area contributed by atoms with Gasteiger partial charge in [0.25, 0.3) is 11.8 Å². The van der Waals surface area contributed by atoms with E-state index in [1.807, 2.05) is 0 Å². The van der Waals surface area contributed by atoms with E-state index in [4.69, 9.17) is 15.0 Å². The van der Waals surface area contributed by atoms with Crippen LogP contribution in [0.15, 0.2) is 9.42 Å². The molecule has 36 heavy (non-hydrogen) atoms. The predicted molar refractivity (Wildman–Crippen MR) is 137 cm³/mol. The molecule has 2 amide bonds. The molecule has 9 heteroatoms. The quantitative estimate of drug-likeness (QED) is 0.432. The third-order valence-corrected chi connectivity index (χ3v) is 10.8. The Kier molecular flexibility index (Phi) is 6.97. The maximum atomic E-state index is 13.6. The molecule has 8 nitrogen and oxygen atoms in total. The number of aromatic nitrogens is 1. The summed E-state index contributed by atoms with van der Waals surface area (Å²) in [6, 6.07) is 0.244. The Morgan fingerprint density at radius 2 is 1.75 bits per heavy atom. The van der Waals surface area contributed by atoms with E-state index in [2.05, 4.69) is 15.8 Å². The van der Waals surface area contributed by atoms with Crippen LogP contribution in [0.5, 0.6) is 5.88 Å². The number of thioether (sulfide) groups is 1. The van der Waals surface area contributed by atoms with Crippen molar-refractivity contribution in [1.29, 1.82) is 0 Å². The lowest BCUT2D eigenvalue weighted by molar-refractivity contribution is -0.127. The van der Waals surface area contributed by atoms with Gasteiger partial charge in [0.2, 0.25) is 11.7 Å². The van der Waals surface area contributed by atoms with Crippen molar-refractivity contribution in [3.8, 4) is 5.88 Å². The minimum Gasteiger partial charge on any atom is -0.474 e. The van der Waals surface area contributed by atoms with Crippen molar-refractivity contribution in [1.82, 2.24) is 15.8 Å². The fourth-order valence-electron chi connectivity index (χ4n) is 7.50. The molecule has 198 valence electrons. The summed E-state index contributed by atoms with van der Waals surface area (Å²) < 4.78 is 11.8. The Morgan fingerprint density at radius 1 is 1.06 bits per heavy atom. The normalized spacial score (nSPS) is 32.3. The largest absolute Gasteiger partial charge is 0.474 e. The maximum absolute atomic E-state index is 13.6. The second kappa shape index (κ2) is 10.2. The van der Waals surface area contributed by atoms with Gasteiger partial charge in [0, 0.05) is 24.4 Å². The number of nitrogens with one attached hydrogen (secondary N) is 2. The smallest absolute Gasteiger partial charge is 0.291 e. The van der Waals surface area contributed by atoms with E-state index < -0.39 is 5.41 Å². The average Bonchev–Trinajstić information content (AvgIpc) is 3.57. The zero-order chi connectivity index (χ0) is 24.7. The molecule has 0 saturated heterocycles. The van der Waals surface area contributed by atoms with E-state index in [9.17, 15) is 9.59 Å². The number of ether oxygens (including phenoxy) is 1. The van der Waals surface area contributed by atoms with Gasteiger partial charge in [-0.1, -0.05) is 19.3 Å². The molecule has 6 saturated carbocycles. The van der Waals surface area contributed by atoms with Crippen LogP contribution in [-0.4, -0.2) is 48.0 Å². The molecular formula is C27H40N4O4S. The van der Waals surface area contributed by atoms with Crippen LogP contribution in [0, 0.1) is 29.1 Å². The average molecular weight is 517 g/mol. The maximum Gasteiger partial charge on any atom is 0.291 e. The van der Waals surface area contributed by atoms with Gasteiger partial charge in [-0.05, 0) is 86.6 Å². The Bertz CT molecular complexity index is 943. The topological polar surface area (TPSA) is 119 Å². The molecule has 0 spiro atoms. The molecule has 6 aliphatic rings. The molecule has 1 aromatic rings. The summed E-state index contributed by atoms with van der Waals surface area (Å²) in [6.45, 7) is 1.11. The highest BCUT2D eigenvalue weighted by Gasteiger charge is 2.51. The number of nitrogens with two attached hydrogens (primary N) is 1. The highest BCUT2D eigenvalue weighted by atomic mass is 32.2. The fraction of sp³-hybridized carbons (Fsp3) is 0.815. The van der Waals surface area contributed by atoms with Crippen LogP contribution in [0.25, 0.3) is 0 Å². The highest BCUT2D eigenvalue weighted by molar-refractivity contribution is 8.00. The summed E-state index contributed by atoms with van der Waals surface area (Å²) in [5.74, 6) is 3.39. The molecule has 0 radical (unpaired) electrons. The van der Waals surface area contributed by atoms with Crippen LogP contribution in [0.4, 0.5) is 0 Å². The Morgan fingerprint density at radius 3 is 2.39 bits per heavy atom. The first-order valence-electron chi connectivity index (χ1n) is 14.1. The van der Waals surface area contributed by atoms with Crippen LogP contribution in [0.1, 0.15) is 87.6 Å². The van der Waals surface area contributed by atoms with E-state index in [1.165, 1.54) is 51.4 Å². The van der Waals surface area contributed by atoms with E-state index in [0.29, 0.717) is 41.0 Å². The summed E-state index contributed by atoms with van der Waals surface area (Å²) in [6.07, 6.45) is 13.9. The molecule has 7 rings (SSSR count). The lowest BCUT2D eigenvalue weighted by Crippen LogP contribution is -2.55. The van der Waals surface area contributed by atoms with Crippen molar-refractivity contribution in [2.75, 3.05) is 19.7 Å². The molecule has 0 unspecified atom stereocenters. The lowest BCUT2D eigenvalue weighted by atomic mass is 9.54. The minimum absolute atomic E-state index is 0.0159. The molecule has 6 aliphatic carbocycles. The Balaban J connectivity index is 1.17. The minimum atomic E-state index is -0.524. The second-order valence-corrected chi connectivity index (χ2v) is 13.4. The van der Waals surface area contributed by atoms with Crippen LogP contribution >= 0.6 is 11.8 Å². The van der Waals surface area contributed by atoms with Gasteiger partial charge in [-0.25, -0.2) is 0 Å². The standard InChI is InChI=1S/C27H40N4O4S/c28-8-9-29-26(33)27(6-7-27)15-34-25-23(36-20-4-2-1-3-5-20)22(35-31-25)24(32)30-21-18-11-16-10-17(13-18)14-19(21)12-16/h16-21H,1-15,28H2,(H,29,33)(H,30,32). The first-order chi connectivity index (χ1) is 17.5. The van der Waals surface area contributed by atoms with Crippen LogP contribution in [0.2, 0.25) is 0 Å². The third-order valence-electron chi connectivity index (χ3n) is 9.44. The van der Waals surface area contributed by atoms with Crippen LogP contribution in [-0.2, 0) is 4.79 Å². The Hall–Kier alpha value is -1.74. The SMILES string of the molecule is NCCNC(=O)C1(COc2noc(C(=O)NC3C4CC5CC(C4)CC3C5)c2SC2CCCCC2)CC1. The molecule has 0 atom stereocenters. The summed E-state index contributed by atoms with van der Waals surface area (Å²) >= 11 is 1.68. The van der Waals surface area contributed by atoms with Crippen molar-refractivity contribution in [3.63, 3.8) is 0 Å². The van der Waals surface area contributed by atoms with Crippen molar-refractivity contribution in [3.05, 3.63) is 5.76 Å². The number of carbonyl (C=O) groups excluding carboxylic acids is 2. The van der Waals surface area contributed by atoms with Gasteiger partial charge in [0.1, 0.15) is 11.5 Å². The molecule has 4 N–H and O–H groups in total. The van der Waals surface area contributed by atoms with Crippen molar-refractivity contribution < 1.29 is 18.8 Å². The number of rotatable bonds is 10. The summed E-state index contributed by atoms with van der Waals surface area (Å²) in [5.41, 5.74) is 5.02. The number of nitrogens with zero attached hydrogens (tertiary/aromatic N) is 1. The van der Waals surface area contributed by atoms with Crippen molar-refractivity contribution in [2.24, 2.45) is 34.8 Å². The van der Waals surface area contributed by atoms with Crippen molar-refractivity contribution >= 4 is 23.6 Å². The lowest BCUT2D eigenvalue weighted by Gasteiger charge is -2.54. The van der Waals surface area contributed by atoms with Gasteiger partial charge >= 0.3 is 0 Å². The summed E-state index contributed by atoms with van der Waals surface area (Å²) in [7, 11) is 0. The first-order valence-corrected chi connectivity index (χ1v) is 15.0. The summed E-state index contributed by atoms with van der Waals surface area (Å²) in [5, 5.41) is 10.9. The second-order valence-electron chi connectivity index (χ2n) is 12.1. The number of hydrogen-bond acceptors (Lipinski definition) is 7. The van der Waals surface area contributed by atoms with Crippen molar-refractivity contribution in [2.45, 2.75) is 93.2 Å². The van der Waals surface area contributed by atoms with E-state index >= 15 is 0 Å². The zero-order valence-electron chi connectivity index (χ0n) is 21.1. The van der Waals surface area contributed by atoms with Gasteiger partial charge in [0.05, 0.1) is 5.41 Å². The number of hydrogen-bond donors (Lipinski definition) is 3. The van der Waals surface area contributed by atoms with Gasteiger partial charge < -0.3 is 25.6 Å². The summed E-state index contributed by atoms with van der Waals surface area (Å²) in [4.78, 5) is 26.9. The molecule has 1 heterocycles. The van der Waals surface area contributed by atoms with Gasteiger partial charge in [-0.2, -0.15) is 0 Å². The van der Waals surface area contributed by atoms with E-state index in [1.54, 1.807) is 11.8 Å². The van der Waals surface area contributed by atoms with Crippen LogP contribution < -0.4 is 21.1 Å². The zero-order valence-corrected chi connectivity index (χ0v) is 22.0. The molecule has 0 aromatic carbocycles. The number of carbonyl (C=O) groups is 2. The molecule has 0 aliphatic heterocycles. The number of amides is 2. The molecule has 4 bridgehead atoms. The van der Waals surface area contributed by atoms with Crippen LogP contribution in [0.3, 0.4) is 0 Å².